The Balaban J connectivity index is 1.73. The molecule has 9 nitrogen and oxygen atoms in total. The van der Waals surface area contributed by atoms with Crippen molar-refractivity contribution in [1.29, 1.82) is 0 Å². The lowest BCUT2D eigenvalue weighted by Gasteiger charge is -2.24. The molecule has 2 atom stereocenters. The number of nitrogens with one attached hydrogen (secondary N) is 1. The van der Waals surface area contributed by atoms with E-state index in [0.29, 0.717) is 12.2 Å². The van der Waals surface area contributed by atoms with E-state index in [1.54, 1.807) is 13.8 Å². The second kappa shape index (κ2) is 8.92. The molecule has 1 saturated heterocycles. The van der Waals surface area contributed by atoms with Crippen molar-refractivity contribution in [1.82, 2.24) is 9.46 Å². The summed E-state index contributed by atoms with van der Waals surface area (Å²) < 4.78 is 50.9. The highest BCUT2D eigenvalue weighted by atomic mass is 32.2. The van der Waals surface area contributed by atoms with Gasteiger partial charge in [-0.2, -0.15) is 4.31 Å². The standard InChI is InChI=1S/C19H22FN3O6S/c1-3-15(18(24)21-17-11-12(2)29-22-17)28-19(25)14-8-6-10-23(14)30(26,27)16-9-5-4-7-13(16)20/h4-5,7,9,11,14-15H,3,6,8,10H2,1-2H3,(H,21,22,24)/t14-,15?/m0/s1. The third-order valence-corrected chi connectivity index (χ3v) is 6.64. The second-order valence-corrected chi connectivity index (χ2v) is 8.71. The topological polar surface area (TPSA) is 119 Å². The maximum Gasteiger partial charge on any atom is 0.325 e. The van der Waals surface area contributed by atoms with Gasteiger partial charge < -0.3 is 14.6 Å². The second-order valence-electron chi connectivity index (χ2n) is 6.85. The Kier molecular flexibility index (Phi) is 6.52. The van der Waals surface area contributed by atoms with Crippen molar-refractivity contribution in [3.05, 3.63) is 41.9 Å². The predicted molar refractivity (Wildman–Crippen MR) is 103 cm³/mol. The number of halogens is 1. The molecule has 11 heteroatoms. The van der Waals surface area contributed by atoms with Gasteiger partial charge in [0.1, 0.15) is 22.5 Å². The molecule has 1 aromatic carbocycles. The Morgan fingerprint density at radius 1 is 1.40 bits per heavy atom. The first-order valence-corrected chi connectivity index (χ1v) is 10.9. The Labute approximate surface area is 173 Å². The molecule has 2 heterocycles. The van der Waals surface area contributed by atoms with Gasteiger partial charge in [0.25, 0.3) is 5.91 Å². The van der Waals surface area contributed by atoms with Crippen molar-refractivity contribution < 1.29 is 31.7 Å². The van der Waals surface area contributed by atoms with Crippen molar-refractivity contribution in [3.63, 3.8) is 0 Å². The van der Waals surface area contributed by atoms with Gasteiger partial charge in [-0.15, -0.1) is 0 Å². The molecule has 0 saturated carbocycles. The summed E-state index contributed by atoms with van der Waals surface area (Å²) >= 11 is 0. The van der Waals surface area contributed by atoms with E-state index in [-0.39, 0.29) is 25.2 Å². The first-order valence-electron chi connectivity index (χ1n) is 9.45. The molecule has 3 rings (SSSR count). The van der Waals surface area contributed by atoms with Crippen LogP contribution in [-0.2, 0) is 24.3 Å². The minimum atomic E-state index is -4.24. The Morgan fingerprint density at radius 2 is 2.13 bits per heavy atom. The average Bonchev–Trinajstić information content (AvgIpc) is 3.35. The zero-order valence-corrected chi connectivity index (χ0v) is 17.3. The summed E-state index contributed by atoms with van der Waals surface area (Å²) in [5.74, 6) is -1.69. The van der Waals surface area contributed by atoms with E-state index < -0.39 is 44.8 Å². The van der Waals surface area contributed by atoms with Crippen molar-refractivity contribution in [2.45, 2.75) is 50.2 Å². The van der Waals surface area contributed by atoms with Crippen molar-refractivity contribution in [2.75, 3.05) is 11.9 Å². The SMILES string of the molecule is CCC(OC(=O)[C@@H]1CCCN1S(=O)(=O)c1ccccc1F)C(=O)Nc1cc(C)on1. The van der Waals surface area contributed by atoms with Gasteiger partial charge in [-0.1, -0.05) is 24.2 Å². The molecule has 1 N–H and O–H groups in total. The van der Waals surface area contributed by atoms with E-state index in [4.69, 9.17) is 9.26 Å². The van der Waals surface area contributed by atoms with Gasteiger partial charge in [0.05, 0.1) is 0 Å². The molecule has 1 aromatic heterocycles. The summed E-state index contributed by atoms with van der Waals surface area (Å²) in [5, 5.41) is 6.13. The number of carbonyl (C=O) groups is 2. The number of amides is 1. The molecule has 1 amide bonds. The number of benzene rings is 1. The highest BCUT2D eigenvalue weighted by Crippen LogP contribution is 2.28. The summed E-state index contributed by atoms with van der Waals surface area (Å²) in [6.07, 6.45) is -0.351. The summed E-state index contributed by atoms with van der Waals surface area (Å²) in [6.45, 7) is 3.36. The number of ether oxygens (including phenoxy) is 1. The maximum absolute atomic E-state index is 14.1. The highest BCUT2D eigenvalue weighted by molar-refractivity contribution is 7.89. The zero-order chi connectivity index (χ0) is 21.9. The smallest absolute Gasteiger partial charge is 0.325 e. The maximum atomic E-state index is 14.1. The fourth-order valence-corrected chi connectivity index (χ4v) is 4.93. The molecule has 0 radical (unpaired) electrons. The number of aromatic nitrogens is 1. The number of hydrogen-bond donors (Lipinski definition) is 1. The Bertz CT molecular complexity index is 1040. The number of nitrogens with zero attached hydrogens (tertiary/aromatic N) is 2. The summed E-state index contributed by atoms with van der Waals surface area (Å²) in [5.41, 5.74) is 0. The van der Waals surface area contributed by atoms with Gasteiger partial charge in [0.15, 0.2) is 11.9 Å². The number of carbonyl (C=O) groups excluding carboxylic acids is 2. The molecule has 1 aliphatic heterocycles. The Morgan fingerprint density at radius 3 is 2.77 bits per heavy atom. The van der Waals surface area contributed by atoms with Crippen LogP contribution in [0.4, 0.5) is 10.2 Å². The lowest BCUT2D eigenvalue weighted by molar-refractivity contribution is -0.157. The Hall–Kier alpha value is -2.79. The number of aryl methyl sites for hydroxylation is 1. The average molecular weight is 439 g/mol. The van der Waals surface area contributed by atoms with Crippen molar-refractivity contribution in [3.8, 4) is 0 Å². The molecule has 1 aliphatic rings. The van der Waals surface area contributed by atoms with E-state index in [0.717, 1.165) is 16.4 Å². The third-order valence-electron chi connectivity index (χ3n) is 4.70. The summed E-state index contributed by atoms with van der Waals surface area (Å²) in [7, 11) is -4.24. The number of esters is 1. The lowest BCUT2D eigenvalue weighted by Crippen LogP contribution is -2.44. The van der Waals surface area contributed by atoms with Crippen LogP contribution < -0.4 is 5.32 Å². The number of sulfonamides is 1. The van der Waals surface area contributed by atoms with Crippen LogP contribution in [0.3, 0.4) is 0 Å². The van der Waals surface area contributed by atoms with Crippen LogP contribution in [0.1, 0.15) is 31.9 Å². The summed E-state index contributed by atoms with van der Waals surface area (Å²) in [4.78, 5) is 24.6. The van der Waals surface area contributed by atoms with Crippen LogP contribution in [0, 0.1) is 12.7 Å². The molecule has 0 bridgehead atoms. The van der Waals surface area contributed by atoms with Gasteiger partial charge in [-0.25, -0.2) is 12.8 Å². The molecule has 1 fully saturated rings. The number of rotatable bonds is 7. The molecule has 30 heavy (non-hydrogen) atoms. The number of anilines is 1. The first kappa shape index (κ1) is 21.9. The van der Waals surface area contributed by atoms with Crippen molar-refractivity contribution >= 4 is 27.7 Å². The fraction of sp³-hybridized carbons (Fsp3) is 0.421. The van der Waals surface area contributed by atoms with E-state index in [2.05, 4.69) is 10.5 Å². The van der Waals surface area contributed by atoms with Crippen LogP contribution in [0.15, 0.2) is 39.8 Å². The van der Waals surface area contributed by atoms with Crippen LogP contribution in [0.25, 0.3) is 0 Å². The molecule has 0 spiro atoms. The van der Waals surface area contributed by atoms with Crippen LogP contribution >= 0.6 is 0 Å². The molecular formula is C19H22FN3O6S. The van der Waals surface area contributed by atoms with Gasteiger partial charge in [-0.05, 0) is 38.3 Å². The fourth-order valence-electron chi connectivity index (χ4n) is 3.22. The monoisotopic (exact) mass is 439 g/mol. The first-order chi connectivity index (χ1) is 14.2. The van der Waals surface area contributed by atoms with E-state index in [1.807, 2.05) is 0 Å². The number of hydrogen-bond acceptors (Lipinski definition) is 7. The van der Waals surface area contributed by atoms with Crippen molar-refractivity contribution in [2.24, 2.45) is 0 Å². The highest BCUT2D eigenvalue weighted by Gasteiger charge is 2.42. The normalized spacial score (nSPS) is 18.2. The third kappa shape index (κ3) is 4.51. The minimum absolute atomic E-state index is 0.0532. The quantitative estimate of drug-likeness (QED) is 0.657. The predicted octanol–water partition coefficient (Wildman–Crippen LogP) is 2.24. The van der Waals surface area contributed by atoms with Crippen LogP contribution in [-0.4, -0.2) is 48.4 Å². The van der Waals surface area contributed by atoms with Crippen LogP contribution in [0.2, 0.25) is 0 Å². The van der Waals surface area contributed by atoms with Gasteiger partial charge in [0, 0.05) is 12.6 Å². The van der Waals surface area contributed by atoms with E-state index in [9.17, 15) is 22.4 Å². The largest absolute Gasteiger partial charge is 0.451 e. The van der Waals surface area contributed by atoms with Gasteiger partial charge >= 0.3 is 5.97 Å². The molecule has 0 aliphatic carbocycles. The zero-order valence-electron chi connectivity index (χ0n) is 16.5. The van der Waals surface area contributed by atoms with Gasteiger partial charge in [-0.3, -0.25) is 9.59 Å². The molecule has 1 unspecified atom stereocenters. The molecule has 162 valence electrons. The van der Waals surface area contributed by atoms with E-state index in [1.165, 1.54) is 18.2 Å². The van der Waals surface area contributed by atoms with Gasteiger partial charge in [0.2, 0.25) is 10.0 Å². The summed E-state index contributed by atoms with van der Waals surface area (Å²) in [6, 6.07) is 5.34. The minimum Gasteiger partial charge on any atom is -0.451 e. The van der Waals surface area contributed by atoms with Crippen LogP contribution in [0.5, 0.6) is 0 Å². The lowest BCUT2D eigenvalue weighted by atomic mass is 10.2. The molecular weight excluding hydrogens is 417 g/mol. The molecule has 2 aromatic rings. The van der Waals surface area contributed by atoms with E-state index >= 15 is 0 Å².